The van der Waals surface area contributed by atoms with Gasteiger partial charge in [-0.05, 0) is 48.5 Å². The van der Waals surface area contributed by atoms with Gasteiger partial charge in [0.2, 0.25) is 0 Å². The van der Waals surface area contributed by atoms with Gasteiger partial charge in [0.05, 0.1) is 19.8 Å². The van der Waals surface area contributed by atoms with E-state index in [1.165, 1.54) is 18.2 Å². The standard InChI is InChI=1S/C17H12Cl2N2O3S2/c18-11-3-1-5-13(9-11)21-26(23,24)14-6-2-4-12(10-14)20-17(22)15-7-8-16(19)25-15/h1-10,21H,(H,20,22). The summed E-state index contributed by atoms with van der Waals surface area (Å²) in [5.74, 6) is -0.362. The molecule has 3 aromatic rings. The minimum Gasteiger partial charge on any atom is -0.321 e. The molecule has 0 aliphatic carbocycles. The lowest BCUT2D eigenvalue weighted by Gasteiger charge is -2.10. The topological polar surface area (TPSA) is 75.3 Å². The normalized spacial score (nSPS) is 11.2. The van der Waals surface area contributed by atoms with Gasteiger partial charge in [-0.1, -0.05) is 35.3 Å². The highest BCUT2D eigenvalue weighted by Gasteiger charge is 2.16. The fraction of sp³-hybridized carbons (Fsp3) is 0. The third kappa shape index (κ3) is 4.56. The van der Waals surface area contributed by atoms with Crippen LogP contribution in [0.2, 0.25) is 9.36 Å². The predicted octanol–water partition coefficient (Wildman–Crippen LogP) is 5.11. The van der Waals surface area contributed by atoms with E-state index < -0.39 is 10.0 Å². The molecule has 0 unspecified atom stereocenters. The summed E-state index contributed by atoms with van der Waals surface area (Å²) in [6, 6.07) is 15.6. The average molecular weight is 427 g/mol. The first kappa shape index (κ1) is 18.7. The summed E-state index contributed by atoms with van der Waals surface area (Å²) in [7, 11) is -3.83. The number of amides is 1. The Morgan fingerprint density at radius 1 is 0.923 bits per heavy atom. The molecule has 0 atom stereocenters. The number of carbonyl (C=O) groups excluding carboxylic acids is 1. The number of carbonyl (C=O) groups is 1. The highest BCUT2D eigenvalue weighted by Crippen LogP contribution is 2.24. The Hall–Kier alpha value is -2.06. The Morgan fingerprint density at radius 3 is 2.35 bits per heavy atom. The molecule has 26 heavy (non-hydrogen) atoms. The van der Waals surface area contributed by atoms with Gasteiger partial charge in [-0.2, -0.15) is 0 Å². The van der Waals surface area contributed by atoms with E-state index in [1.54, 1.807) is 42.5 Å². The van der Waals surface area contributed by atoms with Crippen molar-refractivity contribution in [2.24, 2.45) is 0 Å². The number of thiophene rings is 1. The summed E-state index contributed by atoms with van der Waals surface area (Å²) in [5.41, 5.74) is 0.702. The second-order valence-electron chi connectivity index (χ2n) is 5.20. The molecule has 0 saturated carbocycles. The van der Waals surface area contributed by atoms with Gasteiger partial charge >= 0.3 is 0 Å². The molecule has 0 spiro atoms. The van der Waals surface area contributed by atoms with Crippen molar-refractivity contribution >= 4 is 61.8 Å². The summed E-state index contributed by atoms with van der Waals surface area (Å²) in [5, 5.41) is 3.07. The van der Waals surface area contributed by atoms with Gasteiger partial charge in [0.1, 0.15) is 0 Å². The molecule has 1 aromatic heterocycles. The molecule has 2 N–H and O–H groups in total. The van der Waals surface area contributed by atoms with Crippen molar-refractivity contribution in [2.75, 3.05) is 10.0 Å². The van der Waals surface area contributed by atoms with Crippen LogP contribution in [0.25, 0.3) is 0 Å². The SMILES string of the molecule is O=C(Nc1cccc(S(=O)(=O)Nc2cccc(Cl)c2)c1)c1ccc(Cl)s1. The van der Waals surface area contributed by atoms with Gasteiger partial charge in [-0.15, -0.1) is 11.3 Å². The first-order valence-corrected chi connectivity index (χ1v) is 10.3. The molecule has 1 amide bonds. The molecular formula is C17H12Cl2N2O3S2. The van der Waals surface area contributed by atoms with Crippen LogP contribution in [0.3, 0.4) is 0 Å². The molecule has 5 nitrogen and oxygen atoms in total. The van der Waals surface area contributed by atoms with Crippen molar-refractivity contribution in [1.29, 1.82) is 0 Å². The van der Waals surface area contributed by atoms with Gasteiger partial charge in [-0.3, -0.25) is 9.52 Å². The maximum atomic E-state index is 12.5. The monoisotopic (exact) mass is 426 g/mol. The highest BCUT2D eigenvalue weighted by molar-refractivity contribution is 7.92. The molecule has 0 fully saturated rings. The van der Waals surface area contributed by atoms with Crippen molar-refractivity contribution in [3.05, 3.63) is 74.9 Å². The van der Waals surface area contributed by atoms with E-state index in [1.807, 2.05) is 0 Å². The second kappa shape index (κ2) is 7.67. The van der Waals surface area contributed by atoms with Crippen molar-refractivity contribution < 1.29 is 13.2 Å². The average Bonchev–Trinajstić information content (AvgIpc) is 3.01. The number of rotatable bonds is 5. The van der Waals surface area contributed by atoms with Crippen molar-refractivity contribution in [2.45, 2.75) is 4.90 Å². The number of hydrogen-bond donors (Lipinski definition) is 2. The number of sulfonamides is 1. The largest absolute Gasteiger partial charge is 0.321 e. The molecule has 2 aromatic carbocycles. The molecule has 134 valence electrons. The smallest absolute Gasteiger partial charge is 0.265 e. The third-order valence-electron chi connectivity index (χ3n) is 3.28. The van der Waals surface area contributed by atoms with Crippen LogP contribution in [0.15, 0.2) is 65.6 Å². The number of anilines is 2. The minimum absolute atomic E-state index is 0.0134. The van der Waals surface area contributed by atoms with E-state index in [0.717, 1.165) is 11.3 Å². The maximum Gasteiger partial charge on any atom is 0.265 e. The lowest BCUT2D eigenvalue weighted by Crippen LogP contribution is -2.14. The molecule has 0 saturated heterocycles. The lowest BCUT2D eigenvalue weighted by molar-refractivity contribution is 0.103. The predicted molar refractivity (Wildman–Crippen MR) is 106 cm³/mol. The third-order valence-corrected chi connectivity index (χ3v) is 6.12. The van der Waals surface area contributed by atoms with E-state index in [0.29, 0.717) is 25.6 Å². The molecule has 1 heterocycles. The van der Waals surface area contributed by atoms with Crippen LogP contribution in [0.4, 0.5) is 11.4 Å². The zero-order chi connectivity index (χ0) is 18.7. The van der Waals surface area contributed by atoms with Gasteiger partial charge in [0.25, 0.3) is 15.9 Å². The number of nitrogens with one attached hydrogen (secondary N) is 2. The van der Waals surface area contributed by atoms with E-state index in [2.05, 4.69) is 10.0 Å². The zero-order valence-corrected chi connectivity index (χ0v) is 16.2. The van der Waals surface area contributed by atoms with Gasteiger partial charge in [0.15, 0.2) is 0 Å². The number of hydrogen-bond acceptors (Lipinski definition) is 4. The van der Waals surface area contributed by atoms with Crippen LogP contribution >= 0.6 is 34.5 Å². The Bertz CT molecular complexity index is 1070. The molecular weight excluding hydrogens is 415 g/mol. The zero-order valence-electron chi connectivity index (χ0n) is 13.1. The molecule has 0 bridgehead atoms. The molecule has 9 heteroatoms. The van der Waals surface area contributed by atoms with Crippen LogP contribution in [0.1, 0.15) is 9.67 Å². The molecule has 0 aliphatic heterocycles. The Kier molecular flexibility index (Phi) is 5.52. The Morgan fingerprint density at radius 2 is 1.65 bits per heavy atom. The fourth-order valence-corrected chi connectivity index (χ4v) is 4.36. The van der Waals surface area contributed by atoms with Crippen molar-refractivity contribution in [3.8, 4) is 0 Å². The van der Waals surface area contributed by atoms with Crippen molar-refractivity contribution in [3.63, 3.8) is 0 Å². The van der Waals surface area contributed by atoms with Crippen LogP contribution in [0, 0.1) is 0 Å². The second-order valence-corrected chi connectivity index (χ2v) is 9.04. The fourth-order valence-electron chi connectivity index (χ4n) is 2.14. The van der Waals surface area contributed by atoms with Crippen LogP contribution < -0.4 is 10.0 Å². The van der Waals surface area contributed by atoms with Crippen LogP contribution in [0.5, 0.6) is 0 Å². The molecule has 0 aliphatic rings. The minimum atomic E-state index is -3.83. The first-order chi connectivity index (χ1) is 12.3. The quantitative estimate of drug-likeness (QED) is 0.594. The summed E-state index contributed by atoms with van der Waals surface area (Å²) in [4.78, 5) is 12.6. The lowest BCUT2D eigenvalue weighted by atomic mass is 10.3. The first-order valence-electron chi connectivity index (χ1n) is 7.29. The van der Waals surface area contributed by atoms with Gasteiger partial charge < -0.3 is 5.32 Å². The Balaban J connectivity index is 1.80. The molecule has 3 rings (SSSR count). The van der Waals surface area contributed by atoms with Crippen molar-refractivity contribution in [1.82, 2.24) is 0 Å². The number of halogens is 2. The summed E-state index contributed by atoms with van der Waals surface area (Å²) < 4.78 is 28.0. The Labute approximate surface area is 164 Å². The van der Waals surface area contributed by atoms with Gasteiger partial charge in [0, 0.05) is 10.7 Å². The molecule has 0 radical (unpaired) electrons. The van der Waals surface area contributed by atoms with E-state index in [-0.39, 0.29) is 10.8 Å². The maximum absolute atomic E-state index is 12.5. The van der Waals surface area contributed by atoms with E-state index in [9.17, 15) is 13.2 Å². The summed E-state index contributed by atoms with van der Waals surface area (Å²) >= 11 is 12.8. The highest BCUT2D eigenvalue weighted by atomic mass is 35.5. The van der Waals surface area contributed by atoms with Gasteiger partial charge in [-0.25, -0.2) is 8.42 Å². The van der Waals surface area contributed by atoms with Crippen LogP contribution in [-0.4, -0.2) is 14.3 Å². The summed E-state index contributed by atoms with van der Waals surface area (Å²) in [6.07, 6.45) is 0. The van der Waals surface area contributed by atoms with Crippen LogP contribution in [-0.2, 0) is 10.0 Å². The van der Waals surface area contributed by atoms with E-state index >= 15 is 0 Å². The summed E-state index contributed by atoms with van der Waals surface area (Å²) in [6.45, 7) is 0. The number of benzene rings is 2. The van der Waals surface area contributed by atoms with E-state index in [4.69, 9.17) is 23.2 Å².